The smallest absolute Gasteiger partial charge is 0.448 e. The first-order valence-electron chi connectivity index (χ1n) is 6.92. The average molecular weight is 392 g/mol. The van der Waals surface area contributed by atoms with Crippen molar-refractivity contribution < 1.29 is 35.3 Å². The van der Waals surface area contributed by atoms with Crippen LogP contribution in [-0.2, 0) is 14.9 Å². The molecule has 0 saturated heterocycles. The number of carbonyl (C=O) groups is 1. The summed E-state index contributed by atoms with van der Waals surface area (Å²) in [5.74, 6) is -0.889. The van der Waals surface area contributed by atoms with E-state index in [0.29, 0.717) is 0 Å². The van der Waals surface area contributed by atoms with E-state index in [9.17, 15) is 26.4 Å². The number of hydrazine groups is 1. The van der Waals surface area contributed by atoms with Crippen molar-refractivity contribution in [3.63, 3.8) is 0 Å². The second kappa shape index (κ2) is 7.08. The average Bonchev–Trinajstić information content (AvgIpc) is 3.03. The topological polar surface area (TPSA) is 113 Å². The van der Waals surface area contributed by atoms with Gasteiger partial charge in [-0.15, -0.1) is 0 Å². The van der Waals surface area contributed by atoms with Gasteiger partial charge in [-0.05, 0) is 25.1 Å². The summed E-state index contributed by atoms with van der Waals surface area (Å²) in [5, 5.41) is 11.3. The lowest BCUT2D eigenvalue weighted by Crippen LogP contribution is -2.40. The van der Waals surface area contributed by atoms with E-state index in [4.69, 9.17) is 10.00 Å². The lowest BCUT2D eigenvalue weighted by Gasteiger charge is -2.27. The molecule has 2 heterocycles. The second-order valence-corrected chi connectivity index (χ2v) is 6.16. The van der Waals surface area contributed by atoms with Gasteiger partial charge in [-0.3, -0.25) is 5.01 Å². The zero-order valence-corrected chi connectivity index (χ0v) is 13.9. The normalized spacial score (nSPS) is 14.3. The Bertz CT molecular complexity index is 879. The summed E-state index contributed by atoms with van der Waals surface area (Å²) in [6.07, 6.45) is 2.22. The molecule has 1 aliphatic rings. The maximum Gasteiger partial charge on any atom is 0.534 e. The Morgan fingerprint density at radius 1 is 1.42 bits per heavy atom. The number of hydrogen-bond acceptors (Lipinski definition) is 8. The summed E-state index contributed by atoms with van der Waals surface area (Å²) >= 11 is 0. The van der Waals surface area contributed by atoms with Crippen molar-refractivity contribution in [2.45, 2.75) is 12.4 Å². The van der Waals surface area contributed by atoms with E-state index in [-0.39, 0.29) is 19.0 Å². The van der Waals surface area contributed by atoms with Crippen LogP contribution in [-0.4, -0.2) is 43.2 Å². The maximum atomic E-state index is 12.4. The Hall–Kier alpha value is -3.01. The van der Waals surface area contributed by atoms with Gasteiger partial charge >= 0.3 is 21.7 Å². The minimum absolute atomic E-state index is 0.00337. The van der Waals surface area contributed by atoms with Crippen LogP contribution in [0.15, 0.2) is 24.4 Å². The van der Waals surface area contributed by atoms with Gasteiger partial charge in [0.05, 0.1) is 13.2 Å². The third-order valence-electron chi connectivity index (χ3n) is 2.94. The number of nitrogens with zero attached hydrogens (tertiary/aromatic N) is 4. The highest BCUT2D eigenvalue weighted by Gasteiger charge is 2.49. The first kappa shape index (κ1) is 19.3. The van der Waals surface area contributed by atoms with Crippen LogP contribution >= 0.6 is 0 Å². The minimum atomic E-state index is -5.95. The third kappa shape index (κ3) is 3.80. The van der Waals surface area contributed by atoms with Gasteiger partial charge < -0.3 is 8.92 Å². The fourth-order valence-corrected chi connectivity index (χ4v) is 2.33. The molecule has 140 valence electrons. The molecule has 0 atom stereocenters. The summed E-state index contributed by atoms with van der Waals surface area (Å²) in [6, 6.07) is 3.39. The van der Waals surface area contributed by atoms with Crippen LogP contribution in [0, 0.1) is 11.3 Å². The number of alkyl halides is 3. The van der Waals surface area contributed by atoms with E-state index in [1.54, 1.807) is 13.0 Å². The largest absolute Gasteiger partial charge is 0.534 e. The van der Waals surface area contributed by atoms with E-state index >= 15 is 0 Å². The van der Waals surface area contributed by atoms with Crippen molar-refractivity contribution in [2.24, 2.45) is 0 Å². The number of pyridine rings is 1. The summed E-state index contributed by atoms with van der Waals surface area (Å²) in [5.41, 5.74) is -6.36. The Kier molecular flexibility index (Phi) is 5.26. The van der Waals surface area contributed by atoms with Gasteiger partial charge in [0.25, 0.3) is 0 Å². The van der Waals surface area contributed by atoms with Crippen molar-refractivity contribution in [2.75, 3.05) is 18.2 Å². The van der Waals surface area contributed by atoms with Gasteiger partial charge in [0.1, 0.15) is 11.9 Å². The third-order valence-corrected chi connectivity index (χ3v) is 3.90. The van der Waals surface area contributed by atoms with Crippen LogP contribution in [0.4, 0.5) is 23.8 Å². The number of halogens is 3. The monoisotopic (exact) mass is 392 g/mol. The Labute approximate surface area is 145 Å². The lowest BCUT2D eigenvalue weighted by molar-refractivity contribution is -0.0500. The molecule has 13 heteroatoms. The van der Waals surface area contributed by atoms with E-state index in [2.05, 4.69) is 9.17 Å². The maximum absolute atomic E-state index is 12.4. The standard InChI is InChI=1S/C13H11F3N4O5S/c1-2-24-12(21)20-7-3-6-19(20)11-5-4-10(9(8-17)18-11)25-26(22,23)13(14,15)16/h3-5,7H,2,6H2,1H3. The van der Waals surface area contributed by atoms with Gasteiger partial charge in [-0.25, -0.2) is 9.78 Å². The molecule has 0 N–H and O–H groups in total. The van der Waals surface area contributed by atoms with Crippen LogP contribution < -0.4 is 9.19 Å². The molecule has 26 heavy (non-hydrogen) atoms. The highest BCUT2D eigenvalue weighted by atomic mass is 32.2. The fourth-order valence-electron chi connectivity index (χ4n) is 1.86. The predicted molar refractivity (Wildman–Crippen MR) is 79.9 cm³/mol. The molecule has 0 saturated carbocycles. The molecule has 0 radical (unpaired) electrons. The quantitative estimate of drug-likeness (QED) is 0.564. The van der Waals surface area contributed by atoms with E-state index in [0.717, 1.165) is 17.1 Å². The van der Waals surface area contributed by atoms with Crippen molar-refractivity contribution in [3.8, 4) is 11.8 Å². The number of carbonyl (C=O) groups excluding carboxylic acids is 1. The van der Waals surface area contributed by atoms with Gasteiger partial charge in [-0.1, -0.05) is 0 Å². The molecule has 1 aromatic rings. The number of anilines is 1. The zero-order chi connectivity index (χ0) is 19.5. The minimum Gasteiger partial charge on any atom is -0.448 e. The predicted octanol–water partition coefficient (Wildman–Crippen LogP) is 1.89. The Balaban J connectivity index is 2.32. The number of nitriles is 1. The molecule has 0 bridgehead atoms. The van der Waals surface area contributed by atoms with Crippen molar-refractivity contribution in [1.29, 1.82) is 5.26 Å². The second-order valence-electron chi connectivity index (χ2n) is 4.62. The molecule has 0 aromatic carbocycles. The van der Waals surface area contributed by atoms with Gasteiger partial charge in [-0.2, -0.15) is 31.9 Å². The lowest BCUT2D eigenvalue weighted by atomic mass is 10.3. The summed E-state index contributed by atoms with van der Waals surface area (Å²) in [4.78, 5) is 15.6. The number of ether oxygens (including phenoxy) is 1. The van der Waals surface area contributed by atoms with Crippen LogP contribution in [0.3, 0.4) is 0 Å². The van der Waals surface area contributed by atoms with Crippen LogP contribution in [0.2, 0.25) is 0 Å². The van der Waals surface area contributed by atoms with E-state index < -0.39 is 33.2 Å². The van der Waals surface area contributed by atoms with Crippen molar-refractivity contribution in [3.05, 3.63) is 30.1 Å². The molecule has 2 rings (SSSR count). The SMILES string of the molecule is CCOC(=O)N1C=CCN1c1ccc(OS(=O)(=O)C(F)(F)F)c(C#N)n1. The highest BCUT2D eigenvalue weighted by Crippen LogP contribution is 2.30. The van der Waals surface area contributed by atoms with E-state index in [1.807, 2.05) is 0 Å². The number of amides is 1. The van der Waals surface area contributed by atoms with Crippen LogP contribution in [0.5, 0.6) is 5.75 Å². The first-order valence-corrected chi connectivity index (χ1v) is 8.33. The Morgan fingerprint density at radius 2 is 2.12 bits per heavy atom. The van der Waals surface area contributed by atoms with E-state index in [1.165, 1.54) is 17.3 Å². The van der Waals surface area contributed by atoms with Gasteiger partial charge in [0.2, 0.25) is 0 Å². The molecule has 0 fully saturated rings. The molecule has 1 amide bonds. The molecule has 1 aromatic heterocycles. The molecule has 1 aliphatic heterocycles. The molecule has 0 unspecified atom stereocenters. The molecule has 0 spiro atoms. The fraction of sp³-hybridized carbons (Fsp3) is 0.308. The summed E-state index contributed by atoms with van der Waals surface area (Å²) in [6.45, 7) is 1.87. The van der Waals surface area contributed by atoms with Crippen LogP contribution in [0.25, 0.3) is 0 Å². The van der Waals surface area contributed by atoms with Crippen LogP contribution in [0.1, 0.15) is 12.6 Å². The van der Waals surface area contributed by atoms with Gasteiger partial charge in [0, 0.05) is 6.20 Å². The number of rotatable bonds is 4. The number of aromatic nitrogens is 1. The highest BCUT2D eigenvalue weighted by molar-refractivity contribution is 7.88. The Morgan fingerprint density at radius 3 is 2.69 bits per heavy atom. The zero-order valence-electron chi connectivity index (χ0n) is 13.1. The molecular weight excluding hydrogens is 381 g/mol. The molecular formula is C13H11F3N4O5S. The van der Waals surface area contributed by atoms with Gasteiger partial charge in [0.15, 0.2) is 11.4 Å². The first-order chi connectivity index (χ1) is 12.1. The summed E-state index contributed by atoms with van der Waals surface area (Å²) in [7, 11) is -5.95. The van der Waals surface area contributed by atoms with Crippen molar-refractivity contribution >= 4 is 22.0 Å². The molecule has 9 nitrogen and oxygen atoms in total. The summed E-state index contributed by atoms with van der Waals surface area (Å²) < 4.78 is 68.1. The molecule has 0 aliphatic carbocycles. The number of hydrogen-bond donors (Lipinski definition) is 0. The van der Waals surface area contributed by atoms with Crippen molar-refractivity contribution in [1.82, 2.24) is 9.99 Å².